The Morgan fingerprint density at radius 1 is 1.15 bits per heavy atom. The molecule has 2 aliphatic heterocycles. The van der Waals surface area contributed by atoms with Crippen LogP contribution in [0.1, 0.15) is 25.7 Å². The smallest absolute Gasteiger partial charge is 0.369 e. The number of halogens is 3. The molecule has 1 amide bonds. The summed E-state index contributed by atoms with van der Waals surface area (Å²) in [6, 6.07) is -1.16. The van der Waals surface area contributed by atoms with Crippen molar-refractivity contribution in [2.24, 2.45) is 11.7 Å². The number of likely N-dealkylation sites (tertiary alicyclic amines) is 2. The third kappa shape index (κ3) is 3.44. The number of rotatable bonds is 2. The van der Waals surface area contributed by atoms with Crippen LogP contribution in [-0.2, 0) is 4.79 Å². The molecule has 0 aromatic heterocycles. The van der Waals surface area contributed by atoms with E-state index in [0.717, 1.165) is 25.9 Å². The number of nitrogens with zero attached hydrogens (tertiary/aromatic N) is 2. The average molecular weight is 293 g/mol. The van der Waals surface area contributed by atoms with Crippen LogP contribution in [-0.4, -0.2) is 60.6 Å². The molecule has 2 atom stereocenters. The SMILES string of the molecule is CN1C[C@@H](N2CCC(C(N)=O)CC2)CC[C@H]1C(F)(F)F. The van der Waals surface area contributed by atoms with Crippen molar-refractivity contribution >= 4 is 5.91 Å². The van der Waals surface area contributed by atoms with Gasteiger partial charge in [0, 0.05) is 18.5 Å². The number of primary amides is 1. The predicted octanol–water partition coefficient (Wildman–Crippen LogP) is 1.21. The first-order valence-corrected chi connectivity index (χ1v) is 7.09. The van der Waals surface area contributed by atoms with Gasteiger partial charge in [0.2, 0.25) is 5.91 Å². The maximum atomic E-state index is 12.8. The standard InChI is InChI=1S/C13H22F3N3O/c1-18-8-10(2-3-11(18)13(14,15)16)19-6-4-9(5-7-19)12(17)20/h9-11H,2-8H2,1H3,(H2,17,20)/t10-,11-/m0/s1. The highest BCUT2D eigenvalue weighted by Gasteiger charge is 2.45. The van der Waals surface area contributed by atoms with Crippen LogP contribution in [0.5, 0.6) is 0 Å². The number of likely N-dealkylation sites (N-methyl/N-ethyl adjacent to an activating group) is 1. The van der Waals surface area contributed by atoms with Crippen molar-refractivity contribution in [3.8, 4) is 0 Å². The molecule has 2 saturated heterocycles. The summed E-state index contributed by atoms with van der Waals surface area (Å²) < 4.78 is 38.4. The van der Waals surface area contributed by atoms with Gasteiger partial charge in [-0.3, -0.25) is 14.6 Å². The lowest BCUT2D eigenvalue weighted by atomic mass is 9.92. The Balaban J connectivity index is 1.86. The van der Waals surface area contributed by atoms with Crippen LogP contribution in [0.2, 0.25) is 0 Å². The Morgan fingerprint density at radius 2 is 1.75 bits per heavy atom. The van der Waals surface area contributed by atoms with Crippen LogP contribution in [0.15, 0.2) is 0 Å². The fourth-order valence-electron chi connectivity index (χ4n) is 3.38. The molecule has 20 heavy (non-hydrogen) atoms. The summed E-state index contributed by atoms with van der Waals surface area (Å²) in [6.07, 6.45) is -1.98. The van der Waals surface area contributed by atoms with E-state index in [0.29, 0.717) is 13.0 Å². The van der Waals surface area contributed by atoms with Gasteiger partial charge in [0.05, 0.1) is 0 Å². The molecule has 0 unspecified atom stereocenters. The van der Waals surface area contributed by atoms with Crippen molar-refractivity contribution in [2.45, 2.75) is 43.9 Å². The highest BCUT2D eigenvalue weighted by Crippen LogP contribution is 2.33. The molecule has 2 rings (SSSR count). The number of carbonyl (C=O) groups is 1. The van der Waals surface area contributed by atoms with E-state index in [9.17, 15) is 18.0 Å². The maximum absolute atomic E-state index is 12.8. The predicted molar refractivity (Wildman–Crippen MR) is 69.0 cm³/mol. The minimum Gasteiger partial charge on any atom is -0.369 e. The van der Waals surface area contributed by atoms with E-state index in [4.69, 9.17) is 5.73 Å². The molecule has 0 spiro atoms. The van der Waals surface area contributed by atoms with E-state index >= 15 is 0 Å². The molecule has 0 saturated carbocycles. The number of alkyl halides is 3. The summed E-state index contributed by atoms with van der Waals surface area (Å²) in [4.78, 5) is 14.7. The molecule has 2 heterocycles. The molecule has 0 bridgehead atoms. The number of amides is 1. The van der Waals surface area contributed by atoms with Crippen molar-refractivity contribution < 1.29 is 18.0 Å². The molecule has 2 fully saturated rings. The number of hydrogen-bond acceptors (Lipinski definition) is 3. The molecule has 0 radical (unpaired) electrons. The summed E-state index contributed by atoms with van der Waals surface area (Å²) in [7, 11) is 1.54. The number of nitrogens with two attached hydrogens (primary N) is 1. The molecule has 0 aromatic carbocycles. The zero-order valence-corrected chi connectivity index (χ0v) is 11.7. The molecule has 4 nitrogen and oxygen atoms in total. The Bertz CT molecular complexity index is 353. The lowest BCUT2D eigenvalue weighted by molar-refractivity contribution is -0.191. The van der Waals surface area contributed by atoms with Gasteiger partial charge in [0.1, 0.15) is 6.04 Å². The Kier molecular flexibility index (Phi) is 4.59. The van der Waals surface area contributed by atoms with Crippen LogP contribution in [0, 0.1) is 5.92 Å². The van der Waals surface area contributed by atoms with Gasteiger partial charge in [-0.2, -0.15) is 13.2 Å². The Morgan fingerprint density at radius 3 is 2.20 bits per heavy atom. The third-order valence-electron chi connectivity index (χ3n) is 4.63. The van der Waals surface area contributed by atoms with Crippen LogP contribution in [0.25, 0.3) is 0 Å². The molecule has 2 aliphatic rings. The van der Waals surface area contributed by atoms with Gasteiger partial charge < -0.3 is 5.73 Å². The van der Waals surface area contributed by atoms with Gasteiger partial charge in [0.25, 0.3) is 0 Å². The highest BCUT2D eigenvalue weighted by atomic mass is 19.4. The first-order valence-electron chi connectivity index (χ1n) is 7.09. The van der Waals surface area contributed by atoms with E-state index in [2.05, 4.69) is 4.90 Å². The summed E-state index contributed by atoms with van der Waals surface area (Å²) in [5.41, 5.74) is 5.29. The molecular formula is C13H22F3N3O. The molecular weight excluding hydrogens is 271 g/mol. The minimum absolute atomic E-state index is 0.0736. The molecule has 0 aliphatic carbocycles. The average Bonchev–Trinajstić information content (AvgIpc) is 2.37. The van der Waals surface area contributed by atoms with Gasteiger partial charge >= 0.3 is 6.18 Å². The fourth-order valence-corrected chi connectivity index (χ4v) is 3.38. The topological polar surface area (TPSA) is 49.6 Å². The van der Waals surface area contributed by atoms with Gasteiger partial charge in [-0.1, -0.05) is 0 Å². The molecule has 7 heteroatoms. The highest BCUT2D eigenvalue weighted by molar-refractivity contribution is 5.76. The van der Waals surface area contributed by atoms with Crippen molar-refractivity contribution in [3.05, 3.63) is 0 Å². The zero-order valence-electron chi connectivity index (χ0n) is 11.7. The van der Waals surface area contributed by atoms with E-state index in [1.165, 1.54) is 4.90 Å². The lowest BCUT2D eigenvalue weighted by Crippen LogP contribution is -2.56. The second kappa shape index (κ2) is 5.89. The van der Waals surface area contributed by atoms with Crippen molar-refractivity contribution in [2.75, 3.05) is 26.7 Å². The Labute approximate surface area is 117 Å². The Hall–Kier alpha value is -0.820. The maximum Gasteiger partial charge on any atom is 0.404 e. The molecule has 2 N–H and O–H groups in total. The zero-order chi connectivity index (χ0) is 14.9. The molecule has 116 valence electrons. The third-order valence-corrected chi connectivity index (χ3v) is 4.63. The largest absolute Gasteiger partial charge is 0.404 e. The molecule has 0 aromatic rings. The van der Waals surface area contributed by atoms with E-state index in [1.807, 2.05) is 0 Å². The van der Waals surface area contributed by atoms with Gasteiger partial charge in [-0.25, -0.2) is 0 Å². The first-order chi connectivity index (χ1) is 9.29. The quantitative estimate of drug-likeness (QED) is 0.832. The lowest BCUT2D eigenvalue weighted by Gasteiger charge is -2.44. The van der Waals surface area contributed by atoms with Crippen molar-refractivity contribution in [1.29, 1.82) is 0 Å². The van der Waals surface area contributed by atoms with Crippen molar-refractivity contribution in [3.63, 3.8) is 0 Å². The van der Waals surface area contributed by atoms with E-state index in [1.54, 1.807) is 7.05 Å². The van der Waals surface area contributed by atoms with Gasteiger partial charge in [0.15, 0.2) is 0 Å². The summed E-state index contributed by atoms with van der Waals surface area (Å²) in [5.74, 6) is -0.335. The van der Waals surface area contributed by atoms with Crippen LogP contribution >= 0.6 is 0 Å². The van der Waals surface area contributed by atoms with Crippen LogP contribution in [0.3, 0.4) is 0 Å². The number of carbonyl (C=O) groups excluding carboxylic acids is 1. The van der Waals surface area contributed by atoms with Crippen LogP contribution < -0.4 is 5.73 Å². The summed E-state index contributed by atoms with van der Waals surface area (Å²) in [6.45, 7) is 1.94. The van der Waals surface area contributed by atoms with Gasteiger partial charge in [-0.15, -0.1) is 0 Å². The first kappa shape index (κ1) is 15.6. The number of hydrogen-bond donors (Lipinski definition) is 1. The second-order valence-electron chi connectivity index (χ2n) is 5.94. The fraction of sp³-hybridized carbons (Fsp3) is 0.923. The summed E-state index contributed by atoms with van der Waals surface area (Å²) in [5, 5.41) is 0. The second-order valence-corrected chi connectivity index (χ2v) is 5.94. The minimum atomic E-state index is -4.14. The van der Waals surface area contributed by atoms with Crippen LogP contribution in [0.4, 0.5) is 13.2 Å². The number of piperidine rings is 2. The van der Waals surface area contributed by atoms with E-state index in [-0.39, 0.29) is 24.3 Å². The van der Waals surface area contributed by atoms with Crippen molar-refractivity contribution in [1.82, 2.24) is 9.80 Å². The van der Waals surface area contributed by atoms with E-state index < -0.39 is 12.2 Å². The monoisotopic (exact) mass is 293 g/mol. The summed E-state index contributed by atoms with van der Waals surface area (Å²) >= 11 is 0. The normalized spacial score (nSPS) is 31.4. The van der Waals surface area contributed by atoms with Gasteiger partial charge in [-0.05, 0) is 45.8 Å².